The van der Waals surface area contributed by atoms with Crippen molar-refractivity contribution in [2.75, 3.05) is 13.1 Å². The molecule has 2 N–H and O–H groups in total. The third kappa shape index (κ3) is 2.42. The van der Waals surface area contributed by atoms with E-state index in [0.29, 0.717) is 25.1 Å². The summed E-state index contributed by atoms with van der Waals surface area (Å²) < 4.78 is 0. The van der Waals surface area contributed by atoms with E-state index in [2.05, 4.69) is 0 Å². The van der Waals surface area contributed by atoms with Crippen LogP contribution in [0.2, 0.25) is 0 Å². The summed E-state index contributed by atoms with van der Waals surface area (Å²) in [5.74, 6) is -0.221. The molecule has 0 aliphatic carbocycles. The first-order valence-corrected chi connectivity index (χ1v) is 5.70. The minimum Gasteiger partial charge on any atom is -0.507 e. The van der Waals surface area contributed by atoms with Crippen LogP contribution in [0.15, 0.2) is 18.2 Å². The van der Waals surface area contributed by atoms with Crippen LogP contribution in [0.3, 0.4) is 0 Å². The second-order valence-corrected chi connectivity index (χ2v) is 4.99. The van der Waals surface area contributed by atoms with Crippen LogP contribution >= 0.6 is 0 Å². The molecule has 0 spiro atoms. The molecule has 4 nitrogen and oxygen atoms in total. The number of hydrogen-bond acceptors (Lipinski definition) is 3. The van der Waals surface area contributed by atoms with Gasteiger partial charge in [-0.25, -0.2) is 0 Å². The maximum absolute atomic E-state index is 12.1. The molecule has 1 saturated heterocycles. The first-order chi connectivity index (χ1) is 7.89. The first kappa shape index (κ1) is 11.9. The highest BCUT2D eigenvalue weighted by Crippen LogP contribution is 2.25. The summed E-state index contributed by atoms with van der Waals surface area (Å²) in [6.07, 6.45) is 0.575. The van der Waals surface area contributed by atoms with E-state index in [1.54, 1.807) is 30.0 Å². The van der Waals surface area contributed by atoms with Crippen molar-refractivity contribution in [1.29, 1.82) is 0 Å². The van der Waals surface area contributed by atoms with Gasteiger partial charge in [0.25, 0.3) is 5.91 Å². The fourth-order valence-corrected chi connectivity index (χ4v) is 2.11. The van der Waals surface area contributed by atoms with Gasteiger partial charge in [-0.2, -0.15) is 0 Å². The Morgan fingerprint density at radius 2 is 2.18 bits per heavy atom. The lowest BCUT2D eigenvalue weighted by atomic mass is 10.1. The summed E-state index contributed by atoms with van der Waals surface area (Å²) in [4.78, 5) is 13.7. The number of carbonyl (C=O) groups excluding carboxylic acids is 1. The Balaban J connectivity index is 2.21. The number of aromatic hydroxyl groups is 1. The lowest BCUT2D eigenvalue weighted by Crippen LogP contribution is -2.33. The van der Waals surface area contributed by atoms with Crippen molar-refractivity contribution in [3.8, 4) is 5.75 Å². The molecule has 1 unspecified atom stereocenters. The SMILES string of the molecule is Cc1ccc(C(=O)N2CCC(C)(O)C2)c(O)c1. The van der Waals surface area contributed by atoms with Crippen LogP contribution in [0.1, 0.15) is 29.3 Å². The van der Waals surface area contributed by atoms with E-state index in [1.807, 2.05) is 6.92 Å². The van der Waals surface area contributed by atoms with E-state index in [4.69, 9.17) is 0 Å². The van der Waals surface area contributed by atoms with Crippen LogP contribution in [0.4, 0.5) is 0 Å². The molecule has 1 amide bonds. The van der Waals surface area contributed by atoms with Crippen LogP contribution < -0.4 is 0 Å². The van der Waals surface area contributed by atoms with E-state index in [9.17, 15) is 15.0 Å². The van der Waals surface area contributed by atoms with E-state index in [-0.39, 0.29) is 11.7 Å². The van der Waals surface area contributed by atoms with Gasteiger partial charge in [0.1, 0.15) is 5.75 Å². The largest absolute Gasteiger partial charge is 0.507 e. The monoisotopic (exact) mass is 235 g/mol. The van der Waals surface area contributed by atoms with Gasteiger partial charge in [-0.05, 0) is 38.0 Å². The number of likely N-dealkylation sites (tertiary alicyclic amines) is 1. The van der Waals surface area contributed by atoms with Crippen molar-refractivity contribution in [2.24, 2.45) is 0 Å². The van der Waals surface area contributed by atoms with Gasteiger partial charge in [0.15, 0.2) is 0 Å². The van der Waals surface area contributed by atoms with Crippen molar-refractivity contribution < 1.29 is 15.0 Å². The van der Waals surface area contributed by atoms with Crippen molar-refractivity contribution in [3.05, 3.63) is 29.3 Å². The molecule has 0 aromatic heterocycles. The van der Waals surface area contributed by atoms with E-state index in [1.165, 1.54) is 0 Å². The molecule has 1 aliphatic heterocycles. The Morgan fingerprint density at radius 3 is 2.71 bits per heavy atom. The Morgan fingerprint density at radius 1 is 1.47 bits per heavy atom. The first-order valence-electron chi connectivity index (χ1n) is 5.70. The highest BCUT2D eigenvalue weighted by molar-refractivity contribution is 5.97. The molecule has 0 saturated carbocycles. The molecule has 17 heavy (non-hydrogen) atoms. The van der Waals surface area contributed by atoms with Crippen LogP contribution in [0.25, 0.3) is 0 Å². The third-order valence-corrected chi connectivity index (χ3v) is 3.12. The van der Waals surface area contributed by atoms with Gasteiger partial charge in [0.2, 0.25) is 0 Å². The van der Waals surface area contributed by atoms with Gasteiger partial charge >= 0.3 is 0 Å². The molecule has 0 radical (unpaired) electrons. The average molecular weight is 235 g/mol. The van der Waals surface area contributed by atoms with Crippen LogP contribution in [-0.4, -0.2) is 39.7 Å². The molecule has 1 aromatic rings. The Labute approximate surface area is 100 Å². The van der Waals surface area contributed by atoms with E-state index < -0.39 is 5.60 Å². The molecular formula is C13H17NO3. The quantitative estimate of drug-likeness (QED) is 0.771. The summed E-state index contributed by atoms with van der Waals surface area (Å²) in [5.41, 5.74) is 0.399. The number of carbonyl (C=O) groups is 1. The summed E-state index contributed by atoms with van der Waals surface area (Å²) in [7, 11) is 0. The molecule has 1 heterocycles. The van der Waals surface area contributed by atoms with E-state index in [0.717, 1.165) is 5.56 Å². The number of amides is 1. The van der Waals surface area contributed by atoms with E-state index >= 15 is 0 Å². The molecule has 92 valence electrons. The number of hydrogen-bond donors (Lipinski definition) is 2. The molecule has 1 fully saturated rings. The standard InChI is InChI=1S/C13H17NO3/c1-9-3-4-10(11(15)7-9)12(16)14-6-5-13(2,17)8-14/h3-4,7,15,17H,5-6,8H2,1-2H3. The average Bonchev–Trinajstić information content (AvgIpc) is 2.58. The molecule has 4 heteroatoms. The van der Waals surface area contributed by atoms with Gasteiger partial charge in [-0.1, -0.05) is 6.07 Å². The zero-order chi connectivity index (χ0) is 12.6. The number of rotatable bonds is 1. The van der Waals surface area contributed by atoms with Gasteiger partial charge < -0.3 is 15.1 Å². The van der Waals surface area contributed by atoms with Gasteiger partial charge in [-0.3, -0.25) is 4.79 Å². The lowest BCUT2D eigenvalue weighted by molar-refractivity contribution is 0.0570. The Hall–Kier alpha value is -1.55. The lowest BCUT2D eigenvalue weighted by Gasteiger charge is -2.19. The third-order valence-electron chi connectivity index (χ3n) is 3.12. The topological polar surface area (TPSA) is 60.8 Å². The summed E-state index contributed by atoms with van der Waals surface area (Å²) >= 11 is 0. The number of aliphatic hydroxyl groups is 1. The van der Waals surface area contributed by atoms with Crippen LogP contribution in [0.5, 0.6) is 5.75 Å². The van der Waals surface area contributed by atoms with Gasteiger partial charge in [-0.15, -0.1) is 0 Å². The predicted octanol–water partition coefficient (Wildman–Crippen LogP) is 1.30. The summed E-state index contributed by atoms with van der Waals surface area (Å²) in [5, 5.41) is 19.6. The van der Waals surface area contributed by atoms with Crippen molar-refractivity contribution in [2.45, 2.75) is 25.9 Å². The molecule has 0 bridgehead atoms. The van der Waals surface area contributed by atoms with Crippen molar-refractivity contribution in [1.82, 2.24) is 4.90 Å². The highest BCUT2D eigenvalue weighted by atomic mass is 16.3. The van der Waals surface area contributed by atoms with Crippen LogP contribution in [0, 0.1) is 6.92 Å². The fraction of sp³-hybridized carbons (Fsp3) is 0.462. The number of benzene rings is 1. The Kier molecular flexibility index (Phi) is 2.83. The number of phenols is 1. The maximum atomic E-state index is 12.1. The molecule has 1 aliphatic rings. The molecule has 2 rings (SSSR count). The fourth-order valence-electron chi connectivity index (χ4n) is 2.11. The minimum absolute atomic E-state index is 0.00143. The minimum atomic E-state index is -0.810. The number of phenolic OH excluding ortho intramolecular Hbond substituents is 1. The normalized spacial score (nSPS) is 24.1. The maximum Gasteiger partial charge on any atom is 0.257 e. The van der Waals surface area contributed by atoms with Gasteiger partial charge in [0, 0.05) is 13.1 Å². The zero-order valence-corrected chi connectivity index (χ0v) is 10.1. The number of nitrogens with zero attached hydrogens (tertiary/aromatic N) is 1. The second-order valence-electron chi connectivity index (χ2n) is 4.99. The highest BCUT2D eigenvalue weighted by Gasteiger charge is 2.34. The van der Waals surface area contributed by atoms with Crippen molar-refractivity contribution in [3.63, 3.8) is 0 Å². The predicted molar refractivity (Wildman–Crippen MR) is 64.0 cm³/mol. The van der Waals surface area contributed by atoms with Crippen LogP contribution in [-0.2, 0) is 0 Å². The molecule has 1 aromatic carbocycles. The number of aryl methyl sites for hydroxylation is 1. The molecular weight excluding hydrogens is 218 g/mol. The molecule has 1 atom stereocenters. The van der Waals surface area contributed by atoms with Crippen molar-refractivity contribution >= 4 is 5.91 Å². The smallest absolute Gasteiger partial charge is 0.257 e. The van der Waals surface area contributed by atoms with Gasteiger partial charge in [0.05, 0.1) is 11.2 Å². The summed E-state index contributed by atoms with van der Waals surface area (Å²) in [6, 6.07) is 4.99. The number of β-amino-alcohol motifs (C(OH)–C–C–N with tert-alkyl or cyclic N) is 1. The second kappa shape index (κ2) is 4.04. The summed E-state index contributed by atoms with van der Waals surface area (Å²) in [6.45, 7) is 4.42. The Bertz CT molecular complexity index is 454. The zero-order valence-electron chi connectivity index (χ0n) is 10.1.